The predicted molar refractivity (Wildman–Crippen MR) is 78.2 cm³/mol. The van der Waals surface area contributed by atoms with Gasteiger partial charge in [-0.3, -0.25) is 0 Å². The second-order valence-electron chi connectivity index (χ2n) is 4.71. The fraction of sp³-hybridized carbons (Fsp3) is 0.188. The van der Waals surface area contributed by atoms with Crippen LogP contribution in [-0.4, -0.2) is 11.1 Å². The maximum Gasteiger partial charge on any atom is 0.352 e. The molecule has 0 aromatic heterocycles. The first-order chi connectivity index (χ1) is 9.43. The largest absolute Gasteiger partial charge is 0.478 e. The van der Waals surface area contributed by atoms with Crippen molar-refractivity contribution in [2.75, 3.05) is 0 Å². The highest BCUT2D eigenvalue weighted by atomic mass is 35.5. The van der Waals surface area contributed by atoms with Crippen molar-refractivity contribution < 1.29 is 14.6 Å². The standard InChI is InChI=1S/C16H15ClO3/c1-11-5-3-4-6-14(11)16(2,15(18)19)20-13-9-7-12(17)8-10-13/h3-10H,1-2H3,(H,18,19). The molecule has 0 amide bonds. The van der Waals surface area contributed by atoms with E-state index in [9.17, 15) is 9.90 Å². The summed E-state index contributed by atoms with van der Waals surface area (Å²) in [6, 6.07) is 13.9. The Balaban J connectivity index is 2.43. The van der Waals surface area contributed by atoms with Gasteiger partial charge in [-0.2, -0.15) is 0 Å². The van der Waals surface area contributed by atoms with E-state index in [1.54, 1.807) is 43.3 Å². The number of rotatable bonds is 4. The van der Waals surface area contributed by atoms with Crippen molar-refractivity contribution >= 4 is 17.6 Å². The summed E-state index contributed by atoms with van der Waals surface area (Å²) in [5.74, 6) is -0.579. The Kier molecular flexibility index (Phi) is 4.00. The summed E-state index contributed by atoms with van der Waals surface area (Å²) in [5.41, 5.74) is 0.0490. The van der Waals surface area contributed by atoms with Crippen molar-refractivity contribution in [3.05, 3.63) is 64.7 Å². The average molecular weight is 291 g/mol. The number of hydrogen-bond donors (Lipinski definition) is 1. The molecule has 0 heterocycles. The van der Waals surface area contributed by atoms with Crippen LogP contribution in [0.2, 0.25) is 5.02 Å². The van der Waals surface area contributed by atoms with Gasteiger partial charge in [0, 0.05) is 10.6 Å². The van der Waals surface area contributed by atoms with Crippen LogP contribution in [0.3, 0.4) is 0 Å². The third-order valence-electron chi connectivity index (χ3n) is 3.20. The molecule has 3 nitrogen and oxygen atoms in total. The zero-order valence-electron chi connectivity index (χ0n) is 11.3. The molecule has 0 saturated heterocycles. The first kappa shape index (κ1) is 14.4. The molecule has 0 fully saturated rings. The number of carboxylic acid groups (broad SMARTS) is 1. The van der Waals surface area contributed by atoms with Crippen LogP contribution in [0, 0.1) is 6.92 Å². The lowest BCUT2D eigenvalue weighted by molar-refractivity contribution is -0.154. The molecule has 0 bridgehead atoms. The van der Waals surface area contributed by atoms with Crippen LogP contribution in [0.1, 0.15) is 18.1 Å². The molecule has 2 aromatic carbocycles. The quantitative estimate of drug-likeness (QED) is 0.925. The van der Waals surface area contributed by atoms with Gasteiger partial charge in [-0.15, -0.1) is 0 Å². The van der Waals surface area contributed by atoms with E-state index in [0.29, 0.717) is 16.3 Å². The van der Waals surface area contributed by atoms with E-state index in [2.05, 4.69) is 0 Å². The van der Waals surface area contributed by atoms with Gasteiger partial charge in [0.25, 0.3) is 0 Å². The summed E-state index contributed by atoms with van der Waals surface area (Å²) in [7, 11) is 0. The maximum atomic E-state index is 11.7. The molecular weight excluding hydrogens is 276 g/mol. The van der Waals surface area contributed by atoms with E-state index in [1.165, 1.54) is 0 Å². The Morgan fingerprint density at radius 2 is 1.75 bits per heavy atom. The Hall–Kier alpha value is -2.00. The summed E-state index contributed by atoms with van der Waals surface area (Å²) in [4.78, 5) is 11.7. The Morgan fingerprint density at radius 1 is 1.15 bits per heavy atom. The summed E-state index contributed by atoms with van der Waals surface area (Å²) in [6.07, 6.45) is 0. The second-order valence-corrected chi connectivity index (χ2v) is 5.15. The molecular formula is C16H15ClO3. The fourth-order valence-electron chi connectivity index (χ4n) is 2.06. The van der Waals surface area contributed by atoms with Crippen LogP contribution in [-0.2, 0) is 10.4 Å². The number of ether oxygens (including phenoxy) is 1. The van der Waals surface area contributed by atoms with Gasteiger partial charge in [-0.1, -0.05) is 35.9 Å². The highest BCUT2D eigenvalue weighted by Crippen LogP contribution is 2.31. The van der Waals surface area contributed by atoms with E-state index in [4.69, 9.17) is 16.3 Å². The van der Waals surface area contributed by atoms with Crippen molar-refractivity contribution in [1.29, 1.82) is 0 Å². The second kappa shape index (κ2) is 5.55. The van der Waals surface area contributed by atoms with E-state index < -0.39 is 11.6 Å². The van der Waals surface area contributed by atoms with Gasteiger partial charge < -0.3 is 9.84 Å². The summed E-state index contributed by atoms with van der Waals surface area (Å²) in [5, 5.41) is 10.1. The lowest BCUT2D eigenvalue weighted by atomic mass is 9.92. The van der Waals surface area contributed by atoms with Crippen molar-refractivity contribution in [3.63, 3.8) is 0 Å². The van der Waals surface area contributed by atoms with Gasteiger partial charge in [-0.25, -0.2) is 4.79 Å². The molecule has 2 rings (SSSR count). The SMILES string of the molecule is Cc1ccccc1C(C)(Oc1ccc(Cl)cc1)C(=O)O. The van der Waals surface area contributed by atoms with Gasteiger partial charge in [0.1, 0.15) is 5.75 Å². The zero-order valence-corrected chi connectivity index (χ0v) is 12.0. The number of benzene rings is 2. The van der Waals surface area contributed by atoms with Crippen LogP contribution in [0.25, 0.3) is 0 Å². The number of hydrogen-bond acceptors (Lipinski definition) is 2. The molecule has 4 heteroatoms. The van der Waals surface area contributed by atoms with Crippen molar-refractivity contribution in [1.82, 2.24) is 0 Å². The minimum Gasteiger partial charge on any atom is -0.478 e. The number of aryl methyl sites for hydroxylation is 1. The smallest absolute Gasteiger partial charge is 0.352 e. The van der Waals surface area contributed by atoms with Crippen molar-refractivity contribution in [2.45, 2.75) is 19.4 Å². The summed E-state index contributed by atoms with van der Waals surface area (Å²) >= 11 is 5.82. The Labute approximate surface area is 122 Å². The van der Waals surface area contributed by atoms with E-state index in [0.717, 1.165) is 5.56 Å². The first-order valence-corrected chi connectivity index (χ1v) is 6.55. The minimum atomic E-state index is -1.45. The van der Waals surface area contributed by atoms with Gasteiger partial charge >= 0.3 is 5.97 Å². The van der Waals surface area contributed by atoms with Gasteiger partial charge in [-0.05, 0) is 43.7 Å². The Morgan fingerprint density at radius 3 is 2.30 bits per heavy atom. The molecule has 1 atom stereocenters. The monoisotopic (exact) mass is 290 g/mol. The zero-order chi connectivity index (χ0) is 14.8. The van der Waals surface area contributed by atoms with Crippen molar-refractivity contribution in [3.8, 4) is 5.75 Å². The van der Waals surface area contributed by atoms with Crippen LogP contribution < -0.4 is 4.74 Å². The van der Waals surface area contributed by atoms with Crippen LogP contribution in [0.15, 0.2) is 48.5 Å². The highest BCUT2D eigenvalue weighted by molar-refractivity contribution is 6.30. The molecule has 1 unspecified atom stereocenters. The summed E-state index contributed by atoms with van der Waals surface area (Å²) in [6.45, 7) is 3.41. The third-order valence-corrected chi connectivity index (χ3v) is 3.45. The van der Waals surface area contributed by atoms with Crippen LogP contribution in [0.5, 0.6) is 5.75 Å². The average Bonchev–Trinajstić information content (AvgIpc) is 2.41. The lowest BCUT2D eigenvalue weighted by Gasteiger charge is -2.28. The first-order valence-electron chi connectivity index (χ1n) is 6.17. The molecule has 0 spiro atoms. The molecule has 1 N–H and O–H groups in total. The van der Waals surface area contributed by atoms with Gasteiger partial charge in [0.2, 0.25) is 5.60 Å². The van der Waals surface area contributed by atoms with E-state index in [1.807, 2.05) is 19.1 Å². The van der Waals surface area contributed by atoms with Crippen molar-refractivity contribution in [2.24, 2.45) is 0 Å². The Bertz CT molecular complexity index is 622. The number of aliphatic carboxylic acids is 1. The predicted octanol–water partition coefficient (Wildman–Crippen LogP) is 4.03. The number of halogens is 1. The molecule has 0 radical (unpaired) electrons. The number of carboxylic acids is 1. The van der Waals surface area contributed by atoms with E-state index in [-0.39, 0.29) is 0 Å². The lowest BCUT2D eigenvalue weighted by Crippen LogP contribution is -2.39. The highest BCUT2D eigenvalue weighted by Gasteiger charge is 2.38. The van der Waals surface area contributed by atoms with E-state index >= 15 is 0 Å². The van der Waals surface area contributed by atoms with Gasteiger partial charge in [0.05, 0.1) is 0 Å². The molecule has 104 valence electrons. The molecule has 0 aliphatic rings. The normalized spacial score (nSPS) is 13.6. The maximum absolute atomic E-state index is 11.7. The van der Waals surface area contributed by atoms with Crippen LogP contribution >= 0.6 is 11.6 Å². The molecule has 2 aromatic rings. The van der Waals surface area contributed by atoms with Gasteiger partial charge in [0.15, 0.2) is 0 Å². The topological polar surface area (TPSA) is 46.5 Å². The molecule has 20 heavy (non-hydrogen) atoms. The molecule has 0 aliphatic carbocycles. The molecule has 0 saturated carbocycles. The fourth-order valence-corrected chi connectivity index (χ4v) is 2.19. The third kappa shape index (κ3) is 2.78. The molecule has 0 aliphatic heterocycles. The number of carbonyl (C=O) groups is 1. The summed E-state index contributed by atoms with van der Waals surface area (Å²) < 4.78 is 5.73. The minimum absolute atomic E-state index is 0.461. The van der Waals surface area contributed by atoms with Crippen LogP contribution in [0.4, 0.5) is 0 Å².